The van der Waals surface area contributed by atoms with E-state index in [0.717, 1.165) is 10.5 Å². The van der Waals surface area contributed by atoms with E-state index in [2.05, 4.69) is 5.32 Å². The maximum absolute atomic E-state index is 13.2. The number of nitrogens with one attached hydrogen (secondary N) is 1. The van der Waals surface area contributed by atoms with Crippen LogP contribution in [0.25, 0.3) is 0 Å². The number of fused-ring (bicyclic) bond motifs is 1. The molecule has 1 heterocycles. The lowest BCUT2D eigenvalue weighted by Crippen LogP contribution is -2.44. The van der Waals surface area contributed by atoms with Gasteiger partial charge in [-0.1, -0.05) is 18.2 Å². The van der Waals surface area contributed by atoms with E-state index < -0.39 is 23.4 Å². The molecule has 146 valence electrons. The van der Waals surface area contributed by atoms with Crippen molar-refractivity contribution in [3.8, 4) is 11.5 Å². The first-order valence-electron chi connectivity index (χ1n) is 8.85. The number of imide groups is 1. The summed E-state index contributed by atoms with van der Waals surface area (Å²) in [6.07, 6.45) is -0.683. The highest BCUT2D eigenvalue weighted by Crippen LogP contribution is 2.35. The Hall–Kier alpha value is -3.35. The van der Waals surface area contributed by atoms with Gasteiger partial charge >= 0.3 is 6.09 Å². The fourth-order valence-corrected chi connectivity index (χ4v) is 2.77. The Kier molecular flexibility index (Phi) is 5.09. The fraction of sp³-hybridized carbons (Fsp3) is 0.286. The van der Waals surface area contributed by atoms with Crippen LogP contribution in [0.3, 0.4) is 0 Å². The maximum Gasteiger partial charge on any atom is 0.413 e. The van der Waals surface area contributed by atoms with Crippen molar-refractivity contribution in [1.82, 2.24) is 5.32 Å². The van der Waals surface area contributed by atoms with Gasteiger partial charge in [-0.05, 0) is 57.5 Å². The van der Waals surface area contributed by atoms with E-state index in [9.17, 15) is 14.4 Å². The molecule has 0 unspecified atom stereocenters. The van der Waals surface area contributed by atoms with Gasteiger partial charge in [0.25, 0.3) is 11.8 Å². The normalized spacial score (nSPS) is 13.4. The van der Waals surface area contributed by atoms with Crippen LogP contribution in [0.15, 0.2) is 42.5 Å². The van der Waals surface area contributed by atoms with Crippen molar-refractivity contribution in [2.24, 2.45) is 0 Å². The van der Waals surface area contributed by atoms with E-state index in [4.69, 9.17) is 9.47 Å². The average molecular weight is 382 g/mol. The number of carbonyl (C=O) groups is 3. The highest BCUT2D eigenvalue weighted by Gasteiger charge is 2.33. The topological polar surface area (TPSA) is 84.9 Å². The van der Waals surface area contributed by atoms with Crippen LogP contribution >= 0.6 is 0 Å². The molecule has 0 atom stereocenters. The molecule has 0 aromatic heterocycles. The quantitative estimate of drug-likeness (QED) is 0.804. The van der Waals surface area contributed by atoms with Crippen LogP contribution < -0.4 is 19.7 Å². The first-order valence-corrected chi connectivity index (χ1v) is 8.85. The zero-order valence-electron chi connectivity index (χ0n) is 16.2. The molecular formula is C21H22N2O5. The van der Waals surface area contributed by atoms with Crippen LogP contribution in [-0.4, -0.2) is 30.1 Å². The average Bonchev–Trinajstić information content (AvgIpc) is 2.60. The van der Waals surface area contributed by atoms with Gasteiger partial charge in [-0.2, -0.15) is 0 Å². The number of amides is 3. The molecule has 0 fully saturated rings. The summed E-state index contributed by atoms with van der Waals surface area (Å²) in [6, 6.07) is 11.5. The lowest BCUT2D eigenvalue weighted by molar-refractivity contribution is -0.120. The second kappa shape index (κ2) is 7.34. The van der Waals surface area contributed by atoms with Crippen LogP contribution in [0, 0.1) is 6.92 Å². The third-order valence-corrected chi connectivity index (χ3v) is 3.96. The first-order chi connectivity index (χ1) is 13.2. The Morgan fingerprint density at radius 2 is 1.86 bits per heavy atom. The van der Waals surface area contributed by atoms with E-state index in [0.29, 0.717) is 11.4 Å². The molecule has 1 N–H and O–H groups in total. The van der Waals surface area contributed by atoms with Gasteiger partial charge in [0.15, 0.2) is 6.61 Å². The monoisotopic (exact) mass is 382 g/mol. The minimum atomic E-state index is -0.683. The predicted molar refractivity (Wildman–Crippen MR) is 104 cm³/mol. The maximum atomic E-state index is 13.2. The van der Waals surface area contributed by atoms with Gasteiger partial charge < -0.3 is 14.8 Å². The highest BCUT2D eigenvalue weighted by molar-refractivity contribution is 6.23. The Morgan fingerprint density at radius 1 is 1.14 bits per heavy atom. The second-order valence-corrected chi connectivity index (χ2v) is 7.55. The minimum absolute atomic E-state index is 0.0715. The standard InChI is InChI=1S/C21H22N2O5/c1-13-9-10-15-17(11-13)27-12-18(24)23(15)19(25)14-7-5-6-8-16(14)28-20(26)22-21(2,3)4/h5-11H,12H2,1-4H3,(H,22,26). The number of anilines is 1. The Labute approximate surface area is 163 Å². The van der Waals surface area contributed by atoms with Gasteiger partial charge in [0.2, 0.25) is 0 Å². The van der Waals surface area contributed by atoms with Crippen LogP contribution in [0.5, 0.6) is 11.5 Å². The van der Waals surface area contributed by atoms with Crippen LogP contribution in [0.4, 0.5) is 10.5 Å². The van der Waals surface area contributed by atoms with Crippen molar-refractivity contribution in [1.29, 1.82) is 0 Å². The molecule has 0 radical (unpaired) electrons. The number of ether oxygens (including phenoxy) is 2. The molecule has 0 spiro atoms. The van der Waals surface area contributed by atoms with Crippen LogP contribution in [-0.2, 0) is 4.79 Å². The van der Waals surface area contributed by atoms with Gasteiger partial charge in [0.05, 0.1) is 11.3 Å². The number of benzene rings is 2. The summed E-state index contributed by atoms with van der Waals surface area (Å²) in [6.45, 7) is 7.10. The van der Waals surface area contributed by atoms with Gasteiger partial charge in [-0.25, -0.2) is 9.69 Å². The molecule has 7 heteroatoms. The third kappa shape index (κ3) is 4.14. The summed E-state index contributed by atoms with van der Waals surface area (Å²) in [5, 5.41) is 2.67. The van der Waals surface area contributed by atoms with Crippen molar-refractivity contribution >= 4 is 23.6 Å². The Balaban J connectivity index is 1.94. The zero-order chi connectivity index (χ0) is 20.5. The number of rotatable bonds is 2. The van der Waals surface area contributed by atoms with E-state index in [-0.39, 0.29) is 17.9 Å². The summed E-state index contributed by atoms with van der Waals surface area (Å²) in [5.41, 5.74) is 0.921. The summed E-state index contributed by atoms with van der Waals surface area (Å²) in [5.74, 6) is -0.549. The number of carbonyl (C=O) groups excluding carboxylic acids is 3. The number of para-hydroxylation sites is 1. The predicted octanol–water partition coefficient (Wildman–Crippen LogP) is 3.45. The van der Waals surface area contributed by atoms with Gasteiger partial charge in [-0.15, -0.1) is 0 Å². The summed E-state index contributed by atoms with van der Waals surface area (Å²) < 4.78 is 10.8. The van der Waals surface area contributed by atoms with Crippen LogP contribution in [0.1, 0.15) is 36.7 Å². The van der Waals surface area contributed by atoms with Crippen molar-refractivity contribution in [2.45, 2.75) is 33.2 Å². The summed E-state index contributed by atoms with van der Waals surface area (Å²) in [7, 11) is 0. The molecule has 0 saturated heterocycles. The van der Waals surface area contributed by atoms with Gasteiger partial charge in [-0.3, -0.25) is 9.59 Å². The largest absolute Gasteiger partial charge is 0.482 e. The van der Waals surface area contributed by atoms with Gasteiger partial charge in [0, 0.05) is 5.54 Å². The molecule has 0 aliphatic carbocycles. The minimum Gasteiger partial charge on any atom is -0.482 e. The molecule has 3 rings (SSSR count). The highest BCUT2D eigenvalue weighted by atomic mass is 16.6. The lowest BCUT2D eigenvalue weighted by Gasteiger charge is -2.28. The lowest BCUT2D eigenvalue weighted by atomic mass is 10.1. The molecule has 2 aromatic carbocycles. The molecule has 3 amide bonds. The second-order valence-electron chi connectivity index (χ2n) is 7.55. The van der Waals surface area contributed by atoms with E-state index in [1.54, 1.807) is 30.3 Å². The van der Waals surface area contributed by atoms with Crippen molar-refractivity contribution in [3.05, 3.63) is 53.6 Å². The molecule has 0 bridgehead atoms. The smallest absolute Gasteiger partial charge is 0.413 e. The zero-order valence-corrected chi connectivity index (χ0v) is 16.2. The van der Waals surface area contributed by atoms with Crippen molar-refractivity contribution in [2.75, 3.05) is 11.5 Å². The van der Waals surface area contributed by atoms with E-state index >= 15 is 0 Å². The van der Waals surface area contributed by atoms with Gasteiger partial charge in [0.1, 0.15) is 11.5 Å². The summed E-state index contributed by atoms with van der Waals surface area (Å²) >= 11 is 0. The molecule has 7 nitrogen and oxygen atoms in total. The number of nitrogens with zero attached hydrogens (tertiary/aromatic N) is 1. The molecular weight excluding hydrogens is 360 g/mol. The number of hydrogen-bond acceptors (Lipinski definition) is 5. The molecule has 0 saturated carbocycles. The Bertz CT molecular complexity index is 946. The molecule has 28 heavy (non-hydrogen) atoms. The number of aryl methyl sites for hydroxylation is 1. The molecule has 1 aliphatic heterocycles. The van der Waals surface area contributed by atoms with E-state index in [1.165, 1.54) is 12.1 Å². The van der Waals surface area contributed by atoms with E-state index in [1.807, 2.05) is 27.7 Å². The molecule has 1 aliphatic rings. The number of hydrogen-bond donors (Lipinski definition) is 1. The van der Waals surface area contributed by atoms with Crippen molar-refractivity contribution in [3.63, 3.8) is 0 Å². The Morgan fingerprint density at radius 3 is 2.57 bits per heavy atom. The molecule has 2 aromatic rings. The SMILES string of the molecule is Cc1ccc2c(c1)OCC(=O)N2C(=O)c1ccccc1OC(=O)NC(C)(C)C. The fourth-order valence-electron chi connectivity index (χ4n) is 2.77. The first kappa shape index (κ1) is 19.4. The van der Waals surface area contributed by atoms with Crippen LogP contribution in [0.2, 0.25) is 0 Å². The van der Waals surface area contributed by atoms with Crippen molar-refractivity contribution < 1.29 is 23.9 Å². The summed E-state index contributed by atoms with van der Waals surface area (Å²) in [4.78, 5) is 38.8. The third-order valence-electron chi connectivity index (χ3n) is 3.96.